The molecule has 0 bridgehead atoms. The fraction of sp³-hybridized carbons (Fsp3) is 0.250. The first-order valence-electron chi connectivity index (χ1n) is 5.58. The summed E-state index contributed by atoms with van der Waals surface area (Å²) in [5.41, 5.74) is 2.81. The fourth-order valence-electron chi connectivity index (χ4n) is 1.76. The average Bonchev–Trinajstić information content (AvgIpc) is 2.61. The SMILES string of the molecule is C=C(Cn1cnc2cc(C)c(C)cc21)[B-](F)(F)F.[K+]. The Labute approximate surface area is 152 Å². The largest absolute Gasteiger partial charge is 1.00 e. The number of nitrogens with zero attached hydrogens (tertiary/aromatic N) is 2. The Morgan fingerprint density at radius 3 is 2.42 bits per heavy atom. The molecule has 1 aromatic heterocycles. The number of halogens is 3. The van der Waals surface area contributed by atoms with Gasteiger partial charge in [0.05, 0.1) is 17.4 Å². The number of benzene rings is 1. The second kappa shape index (κ2) is 6.13. The number of aromatic nitrogens is 2. The van der Waals surface area contributed by atoms with E-state index >= 15 is 0 Å². The van der Waals surface area contributed by atoms with Crippen LogP contribution in [0.3, 0.4) is 0 Å². The van der Waals surface area contributed by atoms with Crippen molar-refractivity contribution in [1.82, 2.24) is 9.55 Å². The van der Waals surface area contributed by atoms with Gasteiger partial charge in [-0.3, -0.25) is 0 Å². The van der Waals surface area contributed by atoms with Crippen molar-refractivity contribution < 1.29 is 64.3 Å². The van der Waals surface area contributed by atoms with E-state index < -0.39 is 12.4 Å². The molecule has 0 saturated heterocycles. The minimum absolute atomic E-state index is 0. The molecule has 0 spiro atoms. The molecule has 0 aliphatic heterocycles. The molecule has 0 amide bonds. The zero-order valence-corrected chi connectivity index (χ0v) is 14.4. The van der Waals surface area contributed by atoms with Crippen LogP contribution in [0.2, 0.25) is 0 Å². The summed E-state index contributed by atoms with van der Waals surface area (Å²) in [6.45, 7) is 1.72. The number of aryl methyl sites for hydroxylation is 2. The maximum atomic E-state index is 12.5. The summed E-state index contributed by atoms with van der Waals surface area (Å²) in [5.74, 6) is 0. The van der Waals surface area contributed by atoms with E-state index in [4.69, 9.17) is 0 Å². The third kappa shape index (κ3) is 3.73. The topological polar surface area (TPSA) is 17.8 Å². The fourth-order valence-corrected chi connectivity index (χ4v) is 1.76. The molecular weight excluding hydrogens is 279 g/mol. The molecule has 2 nitrogen and oxygen atoms in total. The van der Waals surface area contributed by atoms with Crippen molar-refractivity contribution in [2.45, 2.75) is 20.4 Å². The van der Waals surface area contributed by atoms with Gasteiger partial charge >= 0.3 is 58.4 Å². The minimum Gasteiger partial charge on any atom is -0.445 e. The van der Waals surface area contributed by atoms with E-state index in [2.05, 4.69) is 11.6 Å². The van der Waals surface area contributed by atoms with E-state index in [1.54, 1.807) is 0 Å². The normalized spacial score (nSPS) is 11.4. The molecule has 2 aromatic rings. The van der Waals surface area contributed by atoms with Crippen LogP contribution < -0.4 is 51.4 Å². The Kier molecular flexibility index (Phi) is 5.48. The van der Waals surface area contributed by atoms with Crippen LogP contribution in [0.25, 0.3) is 11.0 Å². The van der Waals surface area contributed by atoms with Gasteiger partial charge in [0.2, 0.25) is 0 Å². The Balaban J connectivity index is 0.00000180. The van der Waals surface area contributed by atoms with Gasteiger partial charge in [-0.1, -0.05) is 0 Å². The number of allylic oxidation sites excluding steroid dienone is 1. The average molecular weight is 292 g/mol. The molecule has 19 heavy (non-hydrogen) atoms. The van der Waals surface area contributed by atoms with Crippen molar-refractivity contribution in [3.8, 4) is 0 Å². The Morgan fingerprint density at radius 1 is 1.26 bits per heavy atom. The van der Waals surface area contributed by atoms with Gasteiger partial charge in [-0.05, 0) is 37.1 Å². The monoisotopic (exact) mass is 292 g/mol. The molecule has 0 aliphatic carbocycles. The Hall–Kier alpha value is -0.0787. The third-order valence-electron chi connectivity index (χ3n) is 3.07. The molecule has 0 unspecified atom stereocenters. The Bertz CT molecular complexity index is 619. The van der Waals surface area contributed by atoms with Gasteiger partial charge in [-0.15, -0.1) is 12.1 Å². The predicted octanol–water partition coefficient (Wildman–Crippen LogP) is 0.600. The molecular formula is C12H13BF3KN2. The quantitative estimate of drug-likeness (QED) is 0.758. The van der Waals surface area contributed by atoms with Gasteiger partial charge in [0.1, 0.15) is 0 Å². The second-order valence-corrected chi connectivity index (χ2v) is 4.53. The summed E-state index contributed by atoms with van der Waals surface area (Å²) in [6, 6.07) is 3.73. The summed E-state index contributed by atoms with van der Waals surface area (Å²) in [4.78, 5) is 4.12. The van der Waals surface area contributed by atoms with Crippen LogP contribution in [0.1, 0.15) is 11.1 Å². The van der Waals surface area contributed by atoms with E-state index in [1.807, 2.05) is 26.0 Å². The van der Waals surface area contributed by atoms with E-state index in [-0.39, 0.29) is 57.9 Å². The zero-order valence-electron chi connectivity index (χ0n) is 11.3. The smallest absolute Gasteiger partial charge is 0.445 e. The van der Waals surface area contributed by atoms with Crippen LogP contribution in [0.5, 0.6) is 0 Å². The zero-order chi connectivity index (χ0) is 13.5. The molecule has 1 heterocycles. The summed E-state index contributed by atoms with van der Waals surface area (Å²) in [5, 5.41) is 0. The van der Waals surface area contributed by atoms with Crippen LogP contribution in [0.4, 0.5) is 12.9 Å². The van der Waals surface area contributed by atoms with Crippen molar-refractivity contribution in [2.75, 3.05) is 0 Å². The minimum atomic E-state index is -5.00. The number of hydrogen-bond donors (Lipinski definition) is 0. The first kappa shape index (κ1) is 17.0. The van der Waals surface area contributed by atoms with Crippen LogP contribution in [0.15, 0.2) is 30.5 Å². The van der Waals surface area contributed by atoms with Crippen LogP contribution >= 0.6 is 0 Å². The van der Waals surface area contributed by atoms with Crippen LogP contribution in [0, 0.1) is 13.8 Å². The first-order chi connectivity index (χ1) is 8.29. The summed E-state index contributed by atoms with van der Waals surface area (Å²) in [6.07, 6.45) is 1.43. The van der Waals surface area contributed by atoms with Gasteiger partial charge in [-0.2, -0.15) is 0 Å². The van der Waals surface area contributed by atoms with Gasteiger partial charge in [0, 0.05) is 6.54 Å². The number of rotatable bonds is 3. The number of hydrogen-bond acceptors (Lipinski definition) is 1. The molecule has 0 atom stereocenters. The molecule has 0 fully saturated rings. The maximum Gasteiger partial charge on any atom is 1.00 e. The molecule has 0 radical (unpaired) electrons. The van der Waals surface area contributed by atoms with Crippen molar-refractivity contribution in [2.24, 2.45) is 0 Å². The first-order valence-corrected chi connectivity index (χ1v) is 5.58. The van der Waals surface area contributed by atoms with E-state index in [0.29, 0.717) is 11.0 Å². The number of imidazole rings is 1. The maximum absolute atomic E-state index is 12.5. The van der Waals surface area contributed by atoms with E-state index in [0.717, 1.165) is 11.1 Å². The second-order valence-electron chi connectivity index (χ2n) is 4.53. The molecule has 96 valence electrons. The summed E-state index contributed by atoms with van der Waals surface area (Å²) in [7, 11) is 0. The summed E-state index contributed by atoms with van der Waals surface area (Å²) < 4.78 is 39.0. The molecule has 0 saturated carbocycles. The molecule has 2 rings (SSSR count). The summed E-state index contributed by atoms with van der Waals surface area (Å²) >= 11 is 0. The van der Waals surface area contributed by atoms with Gasteiger partial charge in [0.15, 0.2) is 0 Å². The molecule has 0 aliphatic rings. The number of fused-ring (bicyclic) bond motifs is 1. The molecule has 0 N–H and O–H groups in total. The molecule has 1 aromatic carbocycles. The van der Waals surface area contributed by atoms with Gasteiger partial charge < -0.3 is 17.5 Å². The molecule has 7 heteroatoms. The van der Waals surface area contributed by atoms with Crippen molar-refractivity contribution >= 4 is 18.0 Å². The van der Waals surface area contributed by atoms with Crippen LogP contribution in [-0.2, 0) is 6.54 Å². The van der Waals surface area contributed by atoms with Gasteiger partial charge in [0.25, 0.3) is 0 Å². The van der Waals surface area contributed by atoms with Crippen molar-refractivity contribution in [3.05, 3.63) is 41.6 Å². The van der Waals surface area contributed by atoms with Crippen LogP contribution in [-0.4, -0.2) is 16.5 Å². The van der Waals surface area contributed by atoms with E-state index in [1.165, 1.54) is 10.9 Å². The van der Waals surface area contributed by atoms with E-state index in [9.17, 15) is 12.9 Å². The van der Waals surface area contributed by atoms with Crippen molar-refractivity contribution in [1.29, 1.82) is 0 Å². The Morgan fingerprint density at radius 2 is 1.84 bits per heavy atom. The third-order valence-corrected chi connectivity index (χ3v) is 3.07. The van der Waals surface area contributed by atoms with Crippen molar-refractivity contribution in [3.63, 3.8) is 0 Å². The standard InChI is InChI=1S/C12H13BF3N2.K/c1-8-4-11-12(5-9(8)2)18(7-17-11)6-10(3)13(14,15)16;/h4-5,7H,3,6H2,1-2H3;/q-1;+1. The predicted molar refractivity (Wildman–Crippen MR) is 67.4 cm³/mol. The van der Waals surface area contributed by atoms with Gasteiger partial charge in [-0.25, -0.2) is 4.98 Å².